The van der Waals surface area contributed by atoms with Gasteiger partial charge in [-0.25, -0.2) is 0 Å². The van der Waals surface area contributed by atoms with Crippen molar-refractivity contribution in [3.05, 3.63) is 68.4 Å². The molecule has 0 aliphatic carbocycles. The fourth-order valence-electron chi connectivity index (χ4n) is 7.48. The van der Waals surface area contributed by atoms with Gasteiger partial charge in [0.15, 0.2) is 12.6 Å². The summed E-state index contributed by atoms with van der Waals surface area (Å²) in [5.41, 5.74) is 1.63. The lowest BCUT2D eigenvalue weighted by molar-refractivity contribution is 0.0607. The fourth-order valence-corrected chi connectivity index (χ4v) is 9.18. The number of hydrogen-bond donors (Lipinski definition) is 0. The van der Waals surface area contributed by atoms with Crippen molar-refractivity contribution >= 4 is 75.9 Å². The Morgan fingerprint density at radius 3 is 1.68 bits per heavy atom. The summed E-state index contributed by atoms with van der Waals surface area (Å²) in [7, 11) is 0. The molecule has 258 valence electrons. The van der Waals surface area contributed by atoms with E-state index in [0.717, 1.165) is 83.2 Å². The Kier molecular flexibility index (Phi) is 11.4. The van der Waals surface area contributed by atoms with Crippen LogP contribution >= 0.6 is 22.7 Å². The molecule has 2 aromatic heterocycles. The second-order valence-corrected chi connectivity index (χ2v) is 15.7. The van der Waals surface area contributed by atoms with Crippen LogP contribution in [0.25, 0.3) is 31.7 Å². The number of imide groups is 1. The van der Waals surface area contributed by atoms with Crippen molar-refractivity contribution in [2.75, 3.05) is 6.54 Å². The first-order chi connectivity index (χ1) is 24.3. The summed E-state index contributed by atoms with van der Waals surface area (Å²) in [6.45, 7) is 3.68. The molecule has 7 nitrogen and oxygen atoms in total. The number of unbranched alkanes of at least 4 members (excludes halogenated alkanes) is 10. The second kappa shape index (κ2) is 15.9. The fraction of sp³-hybridized carbons (Fsp3) is 0.400. The molecule has 0 radical (unpaired) electrons. The number of rotatable bonds is 18. The maximum Gasteiger partial charge on any atom is 0.315 e. The normalized spacial score (nSPS) is 14.0. The molecule has 0 bridgehead atoms. The monoisotopic (exact) mass is 707 g/mol. The molecule has 0 fully saturated rings. The van der Waals surface area contributed by atoms with Crippen molar-refractivity contribution in [3.63, 3.8) is 0 Å². The van der Waals surface area contributed by atoms with Crippen molar-refractivity contribution < 1.29 is 28.8 Å². The summed E-state index contributed by atoms with van der Waals surface area (Å²) in [6, 6.07) is 10.4. The number of benzene rings is 2. The Bertz CT molecular complexity index is 1850. The predicted octanol–water partition coefficient (Wildman–Crippen LogP) is 10.2. The lowest BCUT2D eigenvalue weighted by Crippen LogP contribution is -2.43. The van der Waals surface area contributed by atoms with E-state index < -0.39 is 18.5 Å². The minimum Gasteiger partial charge on any atom is -0.305 e. The molecule has 10 heteroatoms. The Hall–Kier alpha value is -4.02. The summed E-state index contributed by atoms with van der Waals surface area (Å²) in [5.74, 6) is -0.904. The van der Waals surface area contributed by atoms with Gasteiger partial charge in [0.2, 0.25) is 0 Å². The molecule has 0 saturated heterocycles. The lowest BCUT2D eigenvalue weighted by atomic mass is 9.36. The Morgan fingerprint density at radius 1 is 0.580 bits per heavy atom. The van der Waals surface area contributed by atoms with Crippen LogP contribution in [0.3, 0.4) is 0 Å². The summed E-state index contributed by atoms with van der Waals surface area (Å²) in [4.78, 5) is 84.8. The third-order valence-electron chi connectivity index (χ3n) is 10.1. The van der Waals surface area contributed by atoms with Gasteiger partial charge in [-0.2, -0.15) is 0 Å². The van der Waals surface area contributed by atoms with E-state index >= 15 is 0 Å². The molecule has 0 saturated carbocycles. The molecular formula is C40H42BNO6S2. The third kappa shape index (κ3) is 6.72. The second-order valence-electron chi connectivity index (χ2n) is 13.5. The van der Waals surface area contributed by atoms with E-state index in [1.807, 2.05) is 0 Å². The molecule has 2 aliphatic rings. The standard InChI is InChI=1S/C40H42BNO6S2/c1-3-5-7-9-11-13-19-41-37(45)29-21-28(32-18-16-26(24-44)50-32)36-34-30(39(47)42(40(36)48)20-14-12-10-8-6-4-2)22-27(35(33(29)34)38(41)46)31-17-15-25(23-43)49-31/h15-18,21-24H,3-14,19-20H2,1-2H3. The van der Waals surface area contributed by atoms with Crippen molar-refractivity contribution in [2.24, 2.45) is 0 Å². The number of carbonyl (C=O) groups is 6. The van der Waals surface area contributed by atoms with Crippen molar-refractivity contribution in [2.45, 2.75) is 97.2 Å². The summed E-state index contributed by atoms with van der Waals surface area (Å²) in [6.07, 6.45) is 13.9. The molecule has 0 spiro atoms. The average Bonchev–Trinajstić information content (AvgIpc) is 3.81. The zero-order valence-electron chi connectivity index (χ0n) is 28.8. The average molecular weight is 708 g/mol. The molecule has 4 heterocycles. The van der Waals surface area contributed by atoms with E-state index in [1.54, 1.807) is 36.4 Å². The molecule has 50 heavy (non-hydrogen) atoms. The Balaban J connectivity index is 1.54. The zero-order chi connectivity index (χ0) is 35.4. The van der Waals surface area contributed by atoms with Gasteiger partial charge in [0.25, 0.3) is 11.8 Å². The summed E-state index contributed by atoms with van der Waals surface area (Å²) in [5, 5.41) is 0.679. The third-order valence-corrected chi connectivity index (χ3v) is 12.2. The minimum atomic E-state index is -0.891. The predicted molar refractivity (Wildman–Crippen MR) is 203 cm³/mol. The van der Waals surface area contributed by atoms with Gasteiger partial charge in [0, 0.05) is 54.9 Å². The van der Waals surface area contributed by atoms with E-state index in [9.17, 15) is 28.8 Å². The summed E-state index contributed by atoms with van der Waals surface area (Å²) < 4.78 is 0. The highest BCUT2D eigenvalue weighted by Crippen LogP contribution is 2.48. The van der Waals surface area contributed by atoms with Gasteiger partial charge in [-0.15, -0.1) is 22.7 Å². The van der Waals surface area contributed by atoms with Crippen molar-refractivity contribution in [1.82, 2.24) is 4.90 Å². The molecule has 0 unspecified atom stereocenters. The van der Waals surface area contributed by atoms with Gasteiger partial charge in [0.05, 0.1) is 15.3 Å². The van der Waals surface area contributed by atoms with Crippen LogP contribution in [-0.4, -0.2) is 53.9 Å². The van der Waals surface area contributed by atoms with Gasteiger partial charge in [-0.3, -0.25) is 24.1 Å². The van der Waals surface area contributed by atoms with Gasteiger partial charge in [0.1, 0.15) is 11.4 Å². The maximum atomic E-state index is 14.6. The highest BCUT2D eigenvalue weighted by atomic mass is 32.1. The largest absolute Gasteiger partial charge is 0.315 e. The highest BCUT2D eigenvalue weighted by Gasteiger charge is 2.45. The van der Waals surface area contributed by atoms with Gasteiger partial charge < -0.3 is 9.59 Å². The number of aldehydes is 2. The van der Waals surface area contributed by atoms with E-state index in [0.29, 0.717) is 65.3 Å². The molecule has 0 atom stereocenters. The quantitative estimate of drug-likeness (QED) is 0.0441. The molecule has 6 rings (SSSR count). The number of carbonyl (C=O) groups excluding carboxylic acids is 6. The van der Waals surface area contributed by atoms with Crippen LogP contribution in [0.4, 0.5) is 0 Å². The SMILES string of the molecule is CCCCCCCCB1C(=O)c2cc(-c3ccc(C=O)s3)c3c4c(cc(-c5ccc(C=O)s5)c(c24)C1=O)C(=O)N(CCCCCCCC)C3=O. The minimum absolute atomic E-state index is 0.250. The van der Waals surface area contributed by atoms with E-state index in [-0.39, 0.29) is 29.0 Å². The molecular weight excluding hydrogens is 665 g/mol. The molecule has 0 N–H and O–H groups in total. The number of thiophene rings is 2. The van der Waals surface area contributed by atoms with Crippen LogP contribution in [0.2, 0.25) is 6.32 Å². The smallest absolute Gasteiger partial charge is 0.305 e. The van der Waals surface area contributed by atoms with Crippen LogP contribution in [0.1, 0.15) is 152 Å². The molecule has 4 aromatic rings. The van der Waals surface area contributed by atoms with Crippen LogP contribution in [-0.2, 0) is 0 Å². The van der Waals surface area contributed by atoms with E-state index in [4.69, 9.17) is 0 Å². The van der Waals surface area contributed by atoms with Crippen LogP contribution < -0.4 is 0 Å². The number of hydrogen-bond acceptors (Lipinski definition) is 8. The Morgan fingerprint density at radius 2 is 1.10 bits per heavy atom. The molecule has 2 aliphatic heterocycles. The van der Waals surface area contributed by atoms with Crippen molar-refractivity contribution in [3.8, 4) is 20.9 Å². The van der Waals surface area contributed by atoms with Gasteiger partial charge in [-0.1, -0.05) is 90.8 Å². The lowest BCUT2D eigenvalue weighted by Gasteiger charge is -2.32. The topological polar surface area (TPSA) is 106 Å². The zero-order valence-corrected chi connectivity index (χ0v) is 30.4. The van der Waals surface area contributed by atoms with Gasteiger partial charge in [-0.05, 0) is 42.8 Å². The van der Waals surface area contributed by atoms with E-state index in [2.05, 4.69) is 13.8 Å². The van der Waals surface area contributed by atoms with Crippen molar-refractivity contribution in [1.29, 1.82) is 0 Å². The highest BCUT2D eigenvalue weighted by molar-refractivity contribution is 7.18. The van der Waals surface area contributed by atoms with E-state index in [1.165, 1.54) is 27.6 Å². The maximum absolute atomic E-state index is 14.6. The summed E-state index contributed by atoms with van der Waals surface area (Å²) >= 11 is 2.46. The number of amides is 2. The first-order valence-electron chi connectivity index (χ1n) is 18.1. The first kappa shape index (κ1) is 35.8. The van der Waals surface area contributed by atoms with Crippen LogP contribution in [0, 0.1) is 0 Å². The van der Waals surface area contributed by atoms with Crippen LogP contribution in [0.15, 0.2) is 36.4 Å². The molecule has 2 aromatic carbocycles. The van der Waals surface area contributed by atoms with Crippen LogP contribution in [0.5, 0.6) is 0 Å². The first-order valence-corrected chi connectivity index (χ1v) is 19.7. The molecule has 2 amide bonds. The van der Waals surface area contributed by atoms with Gasteiger partial charge >= 0.3 is 6.71 Å². The number of nitrogens with zero attached hydrogens (tertiary/aromatic N) is 1. The Labute approximate surface area is 301 Å².